The number of hydrogen-bond donors (Lipinski definition) is 3. The third-order valence-electron chi connectivity index (χ3n) is 4.83. The first-order valence-electron chi connectivity index (χ1n) is 10.4. The molecule has 0 bridgehead atoms. The number of likely N-dealkylation sites (N-methyl/N-ethyl adjacent to an activating group) is 1. The average Bonchev–Trinajstić information content (AvgIpc) is 2.62. The van der Waals surface area contributed by atoms with Gasteiger partial charge in [-0.2, -0.15) is 0 Å². The molecule has 29 heavy (non-hydrogen) atoms. The van der Waals surface area contributed by atoms with Gasteiger partial charge in [0.05, 0.1) is 13.2 Å². The number of β-amino-alcohol motifs (C(OH)–C–C–N with tert-alkyl or cyclic N) is 1. The lowest BCUT2D eigenvalue weighted by Crippen LogP contribution is -2.50. The Kier molecular flexibility index (Phi) is 11.7. The summed E-state index contributed by atoms with van der Waals surface area (Å²) in [4.78, 5) is 30.3. The molecule has 2 amide bonds. The molecule has 1 saturated heterocycles. The van der Waals surface area contributed by atoms with Gasteiger partial charge in [0, 0.05) is 39.2 Å². The van der Waals surface area contributed by atoms with Crippen LogP contribution in [-0.2, 0) is 14.3 Å². The minimum atomic E-state index is -1.42. The van der Waals surface area contributed by atoms with Gasteiger partial charge in [-0.05, 0) is 32.9 Å². The zero-order valence-corrected chi connectivity index (χ0v) is 18.3. The van der Waals surface area contributed by atoms with E-state index in [0.29, 0.717) is 32.5 Å². The molecule has 0 aromatic carbocycles. The summed E-state index contributed by atoms with van der Waals surface area (Å²) < 4.78 is 5.38. The van der Waals surface area contributed by atoms with Gasteiger partial charge in [-0.25, -0.2) is 0 Å². The Morgan fingerprint density at radius 2 is 1.66 bits per heavy atom. The van der Waals surface area contributed by atoms with Gasteiger partial charge in [-0.1, -0.05) is 13.8 Å². The van der Waals surface area contributed by atoms with Crippen LogP contribution in [0.25, 0.3) is 0 Å². The number of carbonyl (C=O) groups is 2. The molecule has 1 fully saturated rings. The second-order valence-corrected chi connectivity index (χ2v) is 8.46. The summed E-state index contributed by atoms with van der Waals surface area (Å²) in [6.45, 7) is 5.50. The highest BCUT2D eigenvalue weighted by molar-refractivity contribution is 5.78. The number of carbonyl (C=O) groups excluding carboxylic acids is 2. The first-order chi connectivity index (χ1) is 13.6. The second kappa shape index (κ2) is 13.1. The topological polar surface area (TPSA) is 114 Å². The largest absolute Gasteiger partial charge is 0.388 e. The predicted molar refractivity (Wildman–Crippen MR) is 109 cm³/mol. The average molecular weight is 418 g/mol. The second-order valence-electron chi connectivity index (χ2n) is 8.46. The molecule has 3 atom stereocenters. The van der Waals surface area contributed by atoms with Gasteiger partial charge in [0.25, 0.3) is 0 Å². The van der Waals surface area contributed by atoms with E-state index < -0.39 is 18.3 Å². The van der Waals surface area contributed by atoms with Crippen molar-refractivity contribution in [2.24, 2.45) is 5.92 Å². The van der Waals surface area contributed by atoms with Crippen LogP contribution in [0.3, 0.4) is 0 Å². The summed E-state index contributed by atoms with van der Waals surface area (Å²) >= 11 is 0. The molecule has 0 spiro atoms. The lowest BCUT2D eigenvalue weighted by Gasteiger charge is -2.32. The minimum absolute atomic E-state index is 0.0183. The molecule has 9 nitrogen and oxygen atoms in total. The molecule has 1 aliphatic heterocycles. The van der Waals surface area contributed by atoms with Crippen molar-refractivity contribution in [3.8, 4) is 0 Å². The van der Waals surface area contributed by atoms with E-state index in [2.05, 4.69) is 0 Å². The van der Waals surface area contributed by atoms with Crippen LogP contribution in [0, 0.1) is 5.92 Å². The normalized spacial score (nSPS) is 25.9. The number of amides is 2. The van der Waals surface area contributed by atoms with Crippen LogP contribution in [0.5, 0.6) is 0 Å². The Bertz CT molecular complexity index is 503. The van der Waals surface area contributed by atoms with Gasteiger partial charge < -0.3 is 34.8 Å². The van der Waals surface area contributed by atoms with E-state index in [1.165, 1.54) is 4.90 Å². The van der Waals surface area contributed by atoms with Crippen molar-refractivity contribution in [3.05, 3.63) is 0 Å². The fourth-order valence-electron chi connectivity index (χ4n) is 3.17. The van der Waals surface area contributed by atoms with Gasteiger partial charge in [0.15, 0.2) is 0 Å². The van der Waals surface area contributed by atoms with Gasteiger partial charge in [-0.3, -0.25) is 9.59 Å². The van der Waals surface area contributed by atoms with Crippen LogP contribution in [0.1, 0.15) is 33.1 Å². The van der Waals surface area contributed by atoms with Gasteiger partial charge in [0.2, 0.25) is 11.8 Å². The molecule has 0 aromatic rings. The summed E-state index contributed by atoms with van der Waals surface area (Å²) in [7, 11) is 3.66. The number of hydrogen-bond acceptors (Lipinski definition) is 7. The maximum atomic E-state index is 12.7. The first kappa shape index (κ1) is 25.8. The molecular formula is C20H39N3O6. The molecule has 0 radical (unpaired) electrons. The van der Waals surface area contributed by atoms with Crippen LogP contribution in [0.15, 0.2) is 0 Å². The van der Waals surface area contributed by atoms with Gasteiger partial charge in [-0.15, -0.1) is 0 Å². The van der Waals surface area contributed by atoms with E-state index in [9.17, 15) is 24.9 Å². The van der Waals surface area contributed by atoms with Crippen LogP contribution < -0.4 is 0 Å². The van der Waals surface area contributed by atoms with E-state index in [0.717, 1.165) is 6.42 Å². The van der Waals surface area contributed by atoms with Crippen molar-refractivity contribution >= 4 is 11.8 Å². The number of rotatable bonds is 4. The van der Waals surface area contributed by atoms with Crippen molar-refractivity contribution in [1.82, 2.24) is 14.7 Å². The predicted octanol–water partition coefficient (Wildman–Crippen LogP) is -0.856. The molecule has 0 aliphatic carbocycles. The summed E-state index contributed by atoms with van der Waals surface area (Å²) in [6.07, 6.45) is -2.21. The number of nitrogens with zero attached hydrogens (tertiary/aromatic N) is 3. The summed E-state index contributed by atoms with van der Waals surface area (Å²) in [5, 5.41) is 30.6. The van der Waals surface area contributed by atoms with Crippen molar-refractivity contribution in [1.29, 1.82) is 0 Å². The van der Waals surface area contributed by atoms with Crippen molar-refractivity contribution in [2.45, 2.75) is 51.4 Å². The van der Waals surface area contributed by atoms with Crippen LogP contribution in [-0.4, -0.2) is 120 Å². The van der Waals surface area contributed by atoms with Crippen molar-refractivity contribution < 1.29 is 29.6 Å². The Hall–Kier alpha value is -1.26. The minimum Gasteiger partial charge on any atom is -0.388 e. The standard InChI is InChI=1S/C20H39N3O6/c1-15(2)11-18(26)23-9-8-22(19(27)13-21(3)4)7-5-6-10-29-14-17(25)20(28)16(24)12-23/h15-17,20,24-25,28H,5-14H2,1-4H3/t16-,17+,20+/m0/s1. The van der Waals surface area contributed by atoms with Crippen LogP contribution in [0.2, 0.25) is 0 Å². The lowest BCUT2D eigenvalue weighted by molar-refractivity contribution is -0.140. The first-order valence-corrected chi connectivity index (χ1v) is 10.4. The van der Waals surface area contributed by atoms with E-state index in [1.807, 2.05) is 27.9 Å². The quantitative estimate of drug-likeness (QED) is 0.546. The number of aliphatic hydroxyl groups excluding tert-OH is 3. The zero-order valence-electron chi connectivity index (χ0n) is 18.3. The van der Waals surface area contributed by atoms with Gasteiger partial charge in [0.1, 0.15) is 18.3 Å². The number of ether oxygens (including phenoxy) is 1. The van der Waals surface area contributed by atoms with Crippen LogP contribution >= 0.6 is 0 Å². The maximum Gasteiger partial charge on any atom is 0.236 e. The molecule has 1 aliphatic rings. The molecule has 1 heterocycles. The molecule has 0 saturated carbocycles. The Morgan fingerprint density at radius 1 is 1.00 bits per heavy atom. The Labute approximate surface area is 174 Å². The smallest absolute Gasteiger partial charge is 0.236 e. The molecule has 0 aromatic heterocycles. The Balaban J connectivity index is 2.95. The third kappa shape index (κ3) is 9.86. The molecule has 170 valence electrons. The van der Waals surface area contributed by atoms with E-state index in [1.54, 1.807) is 9.80 Å². The molecule has 1 rings (SSSR count). The molecule has 0 unspecified atom stereocenters. The SMILES string of the molecule is CC(C)CC(=O)N1CCN(C(=O)CN(C)C)CCCCOC[C@@H](O)[C@H](O)[C@@H](O)C1. The monoisotopic (exact) mass is 417 g/mol. The highest BCUT2D eigenvalue weighted by Gasteiger charge is 2.29. The summed E-state index contributed by atoms with van der Waals surface area (Å²) in [5.74, 6) is -0.0255. The molecule has 3 N–H and O–H groups in total. The van der Waals surface area contributed by atoms with Crippen LogP contribution in [0.4, 0.5) is 0 Å². The third-order valence-corrected chi connectivity index (χ3v) is 4.83. The fourth-order valence-corrected chi connectivity index (χ4v) is 3.17. The van der Waals surface area contributed by atoms with E-state index >= 15 is 0 Å². The highest BCUT2D eigenvalue weighted by atomic mass is 16.5. The van der Waals surface area contributed by atoms with Gasteiger partial charge >= 0.3 is 0 Å². The number of aliphatic hydroxyl groups is 3. The molecule has 9 heteroatoms. The summed E-state index contributed by atoms with van der Waals surface area (Å²) in [5.41, 5.74) is 0. The Morgan fingerprint density at radius 3 is 2.28 bits per heavy atom. The van der Waals surface area contributed by atoms with Crippen molar-refractivity contribution in [2.75, 3.05) is 60.0 Å². The zero-order chi connectivity index (χ0) is 22.0. The van der Waals surface area contributed by atoms with E-state index in [-0.39, 0.29) is 44.0 Å². The highest BCUT2D eigenvalue weighted by Crippen LogP contribution is 2.10. The van der Waals surface area contributed by atoms with Crippen molar-refractivity contribution in [3.63, 3.8) is 0 Å². The fraction of sp³-hybridized carbons (Fsp3) is 0.900. The lowest BCUT2D eigenvalue weighted by atomic mass is 10.1. The summed E-state index contributed by atoms with van der Waals surface area (Å²) in [6, 6.07) is 0. The molecular weight excluding hydrogens is 378 g/mol. The van der Waals surface area contributed by atoms with E-state index in [4.69, 9.17) is 4.74 Å². The maximum absolute atomic E-state index is 12.7.